The first kappa shape index (κ1) is 23.1. The SMILES string of the molecule is COc1ccccc1-c1nnc(C2CCN(S(=O)(=O)c3c(F)c(F)c(F)c(F)c3F)CC2)o1. The number of methoxy groups -OCH3 is 1. The quantitative estimate of drug-likeness (QED) is 0.306. The minimum Gasteiger partial charge on any atom is -0.496 e. The summed E-state index contributed by atoms with van der Waals surface area (Å²) in [5.74, 6) is -11.3. The van der Waals surface area contributed by atoms with Gasteiger partial charge in [0.25, 0.3) is 5.89 Å². The molecule has 1 saturated heterocycles. The Balaban J connectivity index is 1.54. The number of rotatable bonds is 5. The topological polar surface area (TPSA) is 85.5 Å². The summed E-state index contributed by atoms with van der Waals surface area (Å²) >= 11 is 0. The third-order valence-electron chi connectivity index (χ3n) is 5.35. The van der Waals surface area contributed by atoms with Crippen molar-refractivity contribution in [3.8, 4) is 17.2 Å². The van der Waals surface area contributed by atoms with E-state index in [1.807, 2.05) is 0 Å². The molecular formula is C20H16F5N3O4S. The predicted molar refractivity (Wildman–Crippen MR) is 103 cm³/mol. The van der Waals surface area contributed by atoms with Crippen LogP contribution in [0.3, 0.4) is 0 Å². The van der Waals surface area contributed by atoms with E-state index in [4.69, 9.17) is 9.15 Å². The first-order valence-corrected chi connectivity index (χ1v) is 11.1. The lowest BCUT2D eigenvalue weighted by Gasteiger charge is -2.29. The maximum absolute atomic E-state index is 14.1. The van der Waals surface area contributed by atoms with Crippen molar-refractivity contribution >= 4 is 10.0 Å². The molecule has 0 radical (unpaired) electrons. The Morgan fingerprint density at radius 3 is 2.12 bits per heavy atom. The third-order valence-corrected chi connectivity index (χ3v) is 7.27. The molecule has 33 heavy (non-hydrogen) atoms. The molecule has 4 rings (SSSR count). The van der Waals surface area contributed by atoms with Crippen LogP contribution in [0.25, 0.3) is 11.5 Å². The Bertz CT molecular complexity index is 1280. The van der Waals surface area contributed by atoms with Crippen LogP contribution in [0.1, 0.15) is 24.7 Å². The maximum Gasteiger partial charge on any atom is 0.251 e. The molecule has 1 aliphatic rings. The largest absolute Gasteiger partial charge is 0.496 e. The summed E-state index contributed by atoms with van der Waals surface area (Å²) in [5.41, 5.74) is 0.560. The summed E-state index contributed by atoms with van der Waals surface area (Å²) < 4.78 is 105. The smallest absolute Gasteiger partial charge is 0.251 e. The molecule has 2 aromatic carbocycles. The molecule has 0 bridgehead atoms. The molecule has 0 unspecified atom stereocenters. The fraction of sp³-hybridized carbons (Fsp3) is 0.300. The average molecular weight is 489 g/mol. The number of sulfonamides is 1. The zero-order valence-electron chi connectivity index (χ0n) is 17.0. The molecule has 0 amide bonds. The lowest BCUT2D eigenvalue weighted by atomic mass is 9.98. The van der Waals surface area contributed by atoms with E-state index in [9.17, 15) is 30.4 Å². The van der Waals surface area contributed by atoms with E-state index in [1.54, 1.807) is 24.3 Å². The Labute approximate surface area is 184 Å². The van der Waals surface area contributed by atoms with Crippen LogP contribution < -0.4 is 4.74 Å². The van der Waals surface area contributed by atoms with Crippen LogP contribution in [-0.4, -0.2) is 43.1 Å². The van der Waals surface area contributed by atoms with Gasteiger partial charge in [-0.1, -0.05) is 12.1 Å². The van der Waals surface area contributed by atoms with Gasteiger partial charge in [-0.2, -0.15) is 4.31 Å². The fourth-order valence-electron chi connectivity index (χ4n) is 3.61. The molecule has 1 aromatic heterocycles. The van der Waals surface area contributed by atoms with Crippen LogP contribution in [0.5, 0.6) is 5.75 Å². The van der Waals surface area contributed by atoms with Crippen molar-refractivity contribution in [1.29, 1.82) is 0 Å². The third kappa shape index (κ3) is 3.95. The highest BCUT2D eigenvalue weighted by Crippen LogP contribution is 2.35. The van der Waals surface area contributed by atoms with E-state index in [2.05, 4.69) is 10.2 Å². The molecule has 1 aliphatic heterocycles. The van der Waals surface area contributed by atoms with E-state index >= 15 is 0 Å². The summed E-state index contributed by atoms with van der Waals surface area (Å²) in [4.78, 5) is -1.87. The van der Waals surface area contributed by atoms with Gasteiger partial charge < -0.3 is 9.15 Å². The number of para-hydroxylation sites is 1. The fourth-order valence-corrected chi connectivity index (χ4v) is 5.20. The molecule has 13 heteroatoms. The average Bonchev–Trinajstić information content (AvgIpc) is 3.31. The molecule has 7 nitrogen and oxygen atoms in total. The van der Waals surface area contributed by atoms with Crippen molar-refractivity contribution in [2.75, 3.05) is 20.2 Å². The predicted octanol–water partition coefficient (Wildman–Crippen LogP) is 4.01. The number of piperidine rings is 1. The Hall–Kier alpha value is -3.06. The molecule has 176 valence electrons. The zero-order chi connectivity index (χ0) is 23.9. The molecule has 0 atom stereocenters. The highest BCUT2D eigenvalue weighted by Gasteiger charge is 2.39. The number of aromatic nitrogens is 2. The van der Waals surface area contributed by atoms with Gasteiger partial charge in [0.15, 0.2) is 28.2 Å². The lowest BCUT2D eigenvalue weighted by Crippen LogP contribution is -2.39. The highest BCUT2D eigenvalue weighted by molar-refractivity contribution is 7.89. The summed E-state index contributed by atoms with van der Waals surface area (Å²) in [7, 11) is -3.50. The molecule has 0 saturated carbocycles. The maximum atomic E-state index is 14.1. The molecule has 0 aliphatic carbocycles. The van der Waals surface area contributed by atoms with Crippen LogP contribution >= 0.6 is 0 Å². The van der Waals surface area contributed by atoms with Crippen LogP contribution in [0.2, 0.25) is 0 Å². The number of hydrogen-bond acceptors (Lipinski definition) is 6. The standard InChI is InChI=1S/C20H16F5N3O4S/c1-31-12-5-3-2-4-11(12)20-27-26-19(32-20)10-6-8-28(9-7-10)33(29,30)18-16(24)14(22)13(21)15(23)17(18)25/h2-5,10H,6-9H2,1H3. The van der Waals surface area contributed by atoms with Crippen LogP contribution in [0.15, 0.2) is 33.6 Å². The van der Waals surface area contributed by atoms with Gasteiger partial charge in [0.1, 0.15) is 5.75 Å². The summed E-state index contributed by atoms with van der Waals surface area (Å²) in [6.07, 6.45) is 0.254. The van der Waals surface area contributed by atoms with E-state index in [0.29, 0.717) is 15.6 Å². The minimum atomic E-state index is -4.98. The van der Waals surface area contributed by atoms with Crippen LogP contribution in [0, 0.1) is 29.1 Å². The number of hydrogen-bond donors (Lipinski definition) is 0. The van der Waals surface area contributed by atoms with Gasteiger partial charge in [0.05, 0.1) is 12.7 Å². The van der Waals surface area contributed by atoms with Gasteiger partial charge in [-0.3, -0.25) is 0 Å². The molecule has 1 fully saturated rings. The first-order valence-electron chi connectivity index (χ1n) is 9.65. The van der Waals surface area contributed by atoms with Gasteiger partial charge in [0.2, 0.25) is 21.7 Å². The van der Waals surface area contributed by atoms with Gasteiger partial charge in [-0.15, -0.1) is 10.2 Å². The van der Waals surface area contributed by atoms with E-state index in [0.717, 1.165) is 0 Å². The number of benzene rings is 2. The molecule has 0 N–H and O–H groups in total. The second kappa shape index (κ2) is 8.71. The first-order chi connectivity index (χ1) is 15.7. The molecule has 0 spiro atoms. The highest BCUT2D eigenvalue weighted by atomic mass is 32.2. The van der Waals surface area contributed by atoms with Gasteiger partial charge in [-0.25, -0.2) is 30.4 Å². The zero-order valence-corrected chi connectivity index (χ0v) is 17.8. The number of halogens is 5. The molecule has 2 heterocycles. The number of ether oxygens (including phenoxy) is 1. The van der Waals surface area contributed by atoms with E-state index in [-0.39, 0.29) is 43.6 Å². The second-order valence-electron chi connectivity index (χ2n) is 7.22. The number of nitrogens with zero attached hydrogens (tertiary/aromatic N) is 3. The van der Waals surface area contributed by atoms with Crippen LogP contribution in [-0.2, 0) is 10.0 Å². The Morgan fingerprint density at radius 1 is 0.939 bits per heavy atom. The van der Waals surface area contributed by atoms with Crippen molar-refractivity contribution < 1.29 is 39.5 Å². The van der Waals surface area contributed by atoms with Crippen LogP contribution in [0.4, 0.5) is 22.0 Å². The van der Waals surface area contributed by atoms with Crippen molar-refractivity contribution in [2.24, 2.45) is 0 Å². The van der Waals surface area contributed by atoms with Crippen molar-refractivity contribution in [3.05, 3.63) is 59.2 Å². The summed E-state index contributed by atoms with van der Waals surface area (Å²) in [6, 6.07) is 6.95. The normalized spacial score (nSPS) is 15.7. The monoisotopic (exact) mass is 489 g/mol. The van der Waals surface area contributed by atoms with E-state index in [1.165, 1.54) is 7.11 Å². The molecular weight excluding hydrogens is 473 g/mol. The van der Waals surface area contributed by atoms with Gasteiger partial charge in [0, 0.05) is 19.0 Å². The van der Waals surface area contributed by atoms with Gasteiger partial charge in [-0.05, 0) is 25.0 Å². The summed E-state index contributed by atoms with van der Waals surface area (Å²) in [5, 5.41) is 7.99. The molecule has 3 aromatic rings. The van der Waals surface area contributed by atoms with E-state index < -0.39 is 44.0 Å². The van der Waals surface area contributed by atoms with Gasteiger partial charge >= 0.3 is 0 Å². The van der Waals surface area contributed by atoms with Crippen molar-refractivity contribution in [2.45, 2.75) is 23.7 Å². The minimum absolute atomic E-state index is 0.127. The Morgan fingerprint density at radius 2 is 1.52 bits per heavy atom. The summed E-state index contributed by atoms with van der Waals surface area (Å²) in [6.45, 7) is -0.502. The van der Waals surface area contributed by atoms with Crippen molar-refractivity contribution in [1.82, 2.24) is 14.5 Å². The lowest BCUT2D eigenvalue weighted by molar-refractivity contribution is 0.287. The van der Waals surface area contributed by atoms with Crippen molar-refractivity contribution in [3.63, 3.8) is 0 Å². The Kier molecular flexibility index (Phi) is 6.10. The second-order valence-corrected chi connectivity index (χ2v) is 9.10.